The van der Waals surface area contributed by atoms with Crippen molar-refractivity contribution in [3.8, 4) is 5.75 Å². The predicted octanol–water partition coefficient (Wildman–Crippen LogP) is 3.75. The fourth-order valence-corrected chi connectivity index (χ4v) is 4.27. The van der Waals surface area contributed by atoms with Crippen LogP contribution in [0.1, 0.15) is 58.9 Å². The molecule has 3 heterocycles. The molecular weight excluding hydrogens is 378 g/mol. The van der Waals surface area contributed by atoms with Crippen LogP contribution in [0.4, 0.5) is 0 Å². The van der Waals surface area contributed by atoms with E-state index in [2.05, 4.69) is 28.7 Å². The minimum absolute atomic E-state index is 0.0196. The lowest BCUT2D eigenvalue weighted by molar-refractivity contribution is 0.0726. The number of hydrogen-bond donors (Lipinski definition) is 0. The van der Waals surface area contributed by atoms with E-state index < -0.39 is 0 Å². The van der Waals surface area contributed by atoms with Crippen LogP contribution in [0.25, 0.3) is 0 Å². The van der Waals surface area contributed by atoms with Gasteiger partial charge in [0.05, 0.1) is 24.9 Å². The fraction of sp³-hybridized carbons (Fsp3) is 0.435. The molecule has 30 heavy (non-hydrogen) atoms. The van der Waals surface area contributed by atoms with Crippen LogP contribution in [-0.2, 0) is 13.1 Å². The maximum absolute atomic E-state index is 13.3. The Balaban J connectivity index is 1.61. The maximum atomic E-state index is 13.3. The zero-order chi connectivity index (χ0) is 21.3. The second-order valence-corrected chi connectivity index (χ2v) is 7.81. The number of amides is 1. The number of rotatable bonds is 6. The van der Waals surface area contributed by atoms with Gasteiger partial charge in [0.1, 0.15) is 11.6 Å². The van der Waals surface area contributed by atoms with E-state index in [9.17, 15) is 4.79 Å². The number of likely N-dealkylation sites (tertiary alicyclic amines) is 1. The van der Waals surface area contributed by atoms with E-state index in [0.29, 0.717) is 5.56 Å². The van der Waals surface area contributed by atoms with E-state index >= 15 is 0 Å². The van der Waals surface area contributed by atoms with Crippen LogP contribution in [0.15, 0.2) is 36.7 Å². The molecule has 1 unspecified atom stereocenters. The van der Waals surface area contributed by atoms with Gasteiger partial charge >= 0.3 is 0 Å². The van der Waals surface area contributed by atoms with E-state index in [0.717, 1.165) is 55.4 Å². The van der Waals surface area contributed by atoms with E-state index in [4.69, 9.17) is 9.72 Å². The smallest absolute Gasteiger partial charge is 0.257 e. The van der Waals surface area contributed by atoms with Crippen LogP contribution >= 0.6 is 0 Å². The molecule has 158 valence electrons. The van der Waals surface area contributed by atoms with Crippen molar-refractivity contribution < 1.29 is 9.53 Å². The van der Waals surface area contributed by atoms with Crippen LogP contribution in [-0.4, -0.2) is 43.8 Å². The fourth-order valence-electron chi connectivity index (χ4n) is 4.27. The van der Waals surface area contributed by atoms with Gasteiger partial charge < -0.3 is 14.2 Å². The van der Waals surface area contributed by atoms with Gasteiger partial charge in [-0.05, 0) is 51.3 Å². The molecule has 7 heteroatoms. The van der Waals surface area contributed by atoms with E-state index in [1.54, 1.807) is 13.3 Å². The highest BCUT2D eigenvalue weighted by Gasteiger charge is 2.35. The lowest BCUT2D eigenvalue weighted by Crippen LogP contribution is -2.32. The van der Waals surface area contributed by atoms with Crippen molar-refractivity contribution in [2.24, 2.45) is 0 Å². The molecule has 2 aromatic heterocycles. The normalized spacial score (nSPS) is 16.3. The molecule has 3 aromatic rings. The Hall–Kier alpha value is -3.09. The average Bonchev–Trinajstić information content (AvgIpc) is 3.47. The maximum Gasteiger partial charge on any atom is 0.257 e. The summed E-state index contributed by atoms with van der Waals surface area (Å²) in [5.74, 6) is 1.85. The molecule has 7 nitrogen and oxygen atoms in total. The van der Waals surface area contributed by atoms with Gasteiger partial charge in [0, 0.05) is 37.2 Å². The third-order valence-electron chi connectivity index (χ3n) is 6.03. The van der Waals surface area contributed by atoms with Crippen molar-refractivity contribution in [1.29, 1.82) is 0 Å². The summed E-state index contributed by atoms with van der Waals surface area (Å²) in [6.07, 6.45) is 5.50. The SMILES string of the molecule is CCn1ncc(C(=O)N2CCCC2c2ncc(C)n2Cc2ccc(OC)cc2)c1C. The number of hydrogen-bond acceptors (Lipinski definition) is 4. The number of nitrogens with zero attached hydrogens (tertiary/aromatic N) is 5. The highest BCUT2D eigenvalue weighted by atomic mass is 16.5. The van der Waals surface area contributed by atoms with Crippen molar-refractivity contribution in [3.05, 3.63) is 65.0 Å². The van der Waals surface area contributed by atoms with Gasteiger partial charge in [-0.2, -0.15) is 5.10 Å². The summed E-state index contributed by atoms with van der Waals surface area (Å²) >= 11 is 0. The number of methoxy groups -OCH3 is 1. The van der Waals surface area contributed by atoms with Crippen molar-refractivity contribution in [2.75, 3.05) is 13.7 Å². The molecule has 0 N–H and O–H groups in total. The first-order valence-corrected chi connectivity index (χ1v) is 10.5. The molecule has 0 spiro atoms. The van der Waals surface area contributed by atoms with Gasteiger partial charge in [-0.25, -0.2) is 4.98 Å². The summed E-state index contributed by atoms with van der Waals surface area (Å²) in [6, 6.07) is 8.07. The Morgan fingerprint density at radius 3 is 2.63 bits per heavy atom. The van der Waals surface area contributed by atoms with Crippen molar-refractivity contribution in [3.63, 3.8) is 0 Å². The Morgan fingerprint density at radius 1 is 1.20 bits per heavy atom. The number of ether oxygens (including phenoxy) is 1. The lowest BCUT2D eigenvalue weighted by atomic mass is 10.1. The van der Waals surface area contributed by atoms with Crippen molar-refractivity contribution in [2.45, 2.75) is 52.7 Å². The Bertz CT molecular complexity index is 1030. The van der Waals surface area contributed by atoms with Gasteiger partial charge in [0.25, 0.3) is 5.91 Å². The highest BCUT2D eigenvalue weighted by Crippen LogP contribution is 2.33. The lowest BCUT2D eigenvalue weighted by Gasteiger charge is -2.25. The Labute approximate surface area is 177 Å². The number of carbonyl (C=O) groups is 1. The minimum Gasteiger partial charge on any atom is -0.497 e. The van der Waals surface area contributed by atoms with Crippen LogP contribution in [0, 0.1) is 13.8 Å². The molecule has 0 aliphatic carbocycles. The second-order valence-electron chi connectivity index (χ2n) is 7.81. The first-order valence-electron chi connectivity index (χ1n) is 10.5. The summed E-state index contributed by atoms with van der Waals surface area (Å²) in [7, 11) is 1.67. The molecule has 1 fully saturated rings. The molecule has 0 saturated carbocycles. The molecule has 1 amide bonds. The number of carbonyl (C=O) groups excluding carboxylic acids is 1. The van der Waals surface area contributed by atoms with Crippen LogP contribution in [0.3, 0.4) is 0 Å². The van der Waals surface area contributed by atoms with E-state index in [1.165, 1.54) is 5.56 Å². The van der Waals surface area contributed by atoms with Gasteiger partial charge in [-0.15, -0.1) is 0 Å². The number of benzene rings is 1. The Kier molecular flexibility index (Phi) is 5.61. The second kappa shape index (κ2) is 8.34. The molecule has 1 aliphatic heterocycles. The molecule has 1 aliphatic rings. The first-order chi connectivity index (χ1) is 14.5. The number of aryl methyl sites for hydroxylation is 2. The van der Waals surface area contributed by atoms with Crippen LogP contribution in [0.5, 0.6) is 5.75 Å². The molecule has 4 rings (SSSR count). The molecular formula is C23H29N5O2. The average molecular weight is 408 g/mol. The third-order valence-corrected chi connectivity index (χ3v) is 6.03. The summed E-state index contributed by atoms with van der Waals surface area (Å²) in [6.45, 7) is 8.28. The summed E-state index contributed by atoms with van der Waals surface area (Å²) < 4.78 is 9.36. The minimum atomic E-state index is -0.0196. The van der Waals surface area contributed by atoms with Crippen molar-refractivity contribution >= 4 is 5.91 Å². The highest BCUT2D eigenvalue weighted by molar-refractivity contribution is 5.95. The summed E-state index contributed by atoms with van der Waals surface area (Å²) in [4.78, 5) is 20.0. The molecule has 1 atom stereocenters. The van der Waals surface area contributed by atoms with Gasteiger partial charge in [0.2, 0.25) is 0 Å². The van der Waals surface area contributed by atoms with Gasteiger partial charge in [-0.3, -0.25) is 9.48 Å². The zero-order valence-electron chi connectivity index (χ0n) is 18.1. The molecule has 1 saturated heterocycles. The first kappa shape index (κ1) is 20.2. The van der Waals surface area contributed by atoms with E-state index in [-0.39, 0.29) is 11.9 Å². The van der Waals surface area contributed by atoms with Crippen LogP contribution < -0.4 is 4.74 Å². The van der Waals surface area contributed by atoms with Crippen LogP contribution in [0.2, 0.25) is 0 Å². The monoisotopic (exact) mass is 407 g/mol. The molecule has 0 bridgehead atoms. The van der Waals surface area contributed by atoms with Gasteiger partial charge in [0.15, 0.2) is 0 Å². The summed E-state index contributed by atoms with van der Waals surface area (Å²) in [5, 5.41) is 4.35. The summed E-state index contributed by atoms with van der Waals surface area (Å²) in [5.41, 5.74) is 3.88. The topological polar surface area (TPSA) is 65.2 Å². The largest absolute Gasteiger partial charge is 0.497 e. The molecule has 0 radical (unpaired) electrons. The third kappa shape index (κ3) is 3.60. The van der Waals surface area contributed by atoms with Gasteiger partial charge in [-0.1, -0.05) is 12.1 Å². The van der Waals surface area contributed by atoms with Crippen molar-refractivity contribution in [1.82, 2.24) is 24.2 Å². The quantitative estimate of drug-likeness (QED) is 0.624. The number of imidazole rings is 1. The number of aromatic nitrogens is 4. The zero-order valence-corrected chi connectivity index (χ0v) is 18.1. The van der Waals surface area contributed by atoms with E-state index in [1.807, 2.05) is 41.8 Å². The Morgan fingerprint density at radius 2 is 1.97 bits per heavy atom. The predicted molar refractivity (Wildman–Crippen MR) is 115 cm³/mol. The standard InChI is InChI=1S/C23H29N5O2/c1-5-28-17(3)20(14-25-28)23(29)26-12-6-7-21(26)22-24-13-16(2)27(22)15-18-8-10-19(30-4)11-9-18/h8-11,13-14,21H,5-7,12,15H2,1-4H3. The molecule has 1 aromatic carbocycles.